The van der Waals surface area contributed by atoms with E-state index in [0.29, 0.717) is 12.1 Å². The number of aromatic hydroxyl groups is 1. The third-order valence-corrected chi connectivity index (χ3v) is 1.85. The van der Waals surface area contributed by atoms with Crippen molar-refractivity contribution in [3.63, 3.8) is 0 Å². The van der Waals surface area contributed by atoms with Crippen LogP contribution in [0.15, 0.2) is 18.2 Å². The van der Waals surface area contributed by atoms with E-state index in [9.17, 15) is 4.79 Å². The topological polar surface area (TPSA) is 49.3 Å². The Labute approximate surface area is 81.3 Å². The lowest BCUT2D eigenvalue weighted by molar-refractivity contribution is 0.0956. The molecule has 0 radical (unpaired) electrons. The van der Waals surface area contributed by atoms with Gasteiger partial charge < -0.3 is 10.4 Å². The van der Waals surface area contributed by atoms with Gasteiger partial charge in [0.05, 0.1) is 5.02 Å². The number of carbonyl (C=O) groups is 1. The molecule has 0 spiro atoms. The van der Waals surface area contributed by atoms with Crippen LogP contribution in [0.3, 0.4) is 0 Å². The molecule has 0 aliphatic carbocycles. The quantitative estimate of drug-likeness (QED) is 0.763. The van der Waals surface area contributed by atoms with E-state index in [1.165, 1.54) is 18.2 Å². The molecule has 0 aromatic heterocycles. The predicted octanol–water partition coefficient (Wildman–Crippen LogP) is 1.80. The van der Waals surface area contributed by atoms with Gasteiger partial charge in [-0.05, 0) is 25.1 Å². The minimum Gasteiger partial charge on any atom is -0.506 e. The molecular formula is C9H10ClNO2. The van der Waals surface area contributed by atoms with Crippen molar-refractivity contribution in [2.75, 3.05) is 6.54 Å². The number of halogens is 1. The SMILES string of the molecule is CCNC(=O)c1ccc(O)c(Cl)c1. The first-order valence-corrected chi connectivity index (χ1v) is 4.29. The standard InChI is InChI=1S/C9H10ClNO2/c1-2-11-9(13)6-3-4-8(12)7(10)5-6/h3-5,12H,2H2,1H3,(H,11,13). The molecule has 2 N–H and O–H groups in total. The summed E-state index contributed by atoms with van der Waals surface area (Å²) in [4.78, 5) is 11.3. The van der Waals surface area contributed by atoms with Crippen molar-refractivity contribution in [3.05, 3.63) is 28.8 Å². The van der Waals surface area contributed by atoms with E-state index in [2.05, 4.69) is 5.32 Å². The van der Waals surface area contributed by atoms with Gasteiger partial charge in [-0.3, -0.25) is 4.79 Å². The smallest absolute Gasteiger partial charge is 0.251 e. The van der Waals surface area contributed by atoms with Crippen molar-refractivity contribution < 1.29 is 9.90 Å². The highest BCUT2D eigenvalue weighted by molar-refractivity contribution is 6.32. The molecule has 70 valence electrons. The summed E-state index contributed by atoms with van der Waals surface area (Å²) < 4.78 is 0. The fraction of sp³-hybridized carbons (Fsp3) is 0.222. The highest BCUT2D eigenvalue weighted by Crippen LogP contribution is 2.23. The molecule has 0 fully saturated rings. The number of rotatable bonds is 2. The summed E-state index contributed by atoms with van der Waals surface area (Å²) in [7, 11) is 0. The van der Waals surface area contributed by atoms with Crippen molar-refractivity contribution in [2.24, 2.45) is 0 Å². The number of amides is 1. The van der Waals surface area contributed by atoms with E-state index >= 15 is 0 Å². The molecule has 3 nitrogen and oxygen atoms in total. The molecule has 1 rings (SSSR count). The number of benzene rings is 1. The van der Waals surface area contributed by atoms with Gasteiger partial charge in [0, 0.05) is 12.1 Å². The monoisotopic (exact) mass is 199 g/mol. The summed E-state index contributed by atoms with van der Waals surface area (Å²) in [5, 5.41) is 11.9. The highest BCUT2D eigenvalue weighted by atomic mass is 35.5. The van der Waals surface area contributed by atoms with Gasteiger partial charge in [0.15, 0.2) is 0 Å². The number of phenolic OH excluding ortho intramolecular Hbond substituents is 1. The second-order valence-electron chi connectivity index (χ2n) is 2.53. The van der Waals surface area contributed by atoms with Crippen molar-refractivity contribution in [1.82, 2.24) is 5.32 Å². The fourth-order valence-electron chi connectivity index (χ4n) is 0.911. The Morgan fingerprint density at radius 2 is 2.31 bits per heavy atom. The Kier molecular flexibility index (Phi) is 3.14. The molecule has 0 heterocycles. The molecule has 0 bridgehead atoms. The number of hydrogen-bond donors (Lipinski definition) is 2. The van der Waals surface area contributed by atoms with E-state index in [1.807, 2.05) is 6.92 Å². The molecule has 13 heavy (non-hydrogen) atoms. The van der Waals surface area contributed by atoms with Gasteiger partial charge in [-0.1, -0.05) is 11.6 Å². The highest BCUT2D eigenvalue weighted by Gasteiger charge is 2.06. The normalized spacial score (nSPS) is 9.69. The first-order chi connectivity index (χ1) is 6.15. The van der Waals surface area contributed by atoms with Gasteiger partial charge in [-0.15, -0.1) is 0 Å². The van der Waals surface area contributed by atoms with Crippen molar-refractivity contribution >= 4 is 17.5 Å². The van der Waals surface area contributed by atoms with E-state index < -0.39 is 0 Å². The average molecular weight is 200 g/mol. The Balaban J connectivity index is 2.90. The van der Waals surface area contributed by atoms with E-state index in [-0.39, 0.29) is 16.7 Å². The number of nitrogens with one attached hydrogen (secondary N) is 1. The molecule has 0 saturated carbocycles. The molecule has 0 aliphatic rings. The van der Waals surface area contributed by atoms with Crippen molar-refractivity contribution in [2.45, 2.75) is 6.92 Å². The molecule has 0 atom stereocenters. The van der Waals surface area contributed by atoms with Crippen LogP contribution in [0.25, 0.3) is 0 Å². The van der Waals surface area contributed by atoms with Crippen LogP contribution in [0.5, 0.6) is 5.75 Å². The Morgan fingerprint density at radius 1 is 1.62 bits per heavy atom. The van der Waals surface area contributed by atoms with Crippen LogP contribution in [-0.4, -0.2) is 17.6 Å². The largest absolute Gasteiger partial charge is 0.506 e. The summed E-state index contributed by atoms with van der Waals surface area (Å²) in [6.45, 7) is 2.40. The molecule has 0 saturated heterocycles. The minimum absolute atomic E-state index is 0.0188. The maximum absolute atomic E-state index is 11.3. The van der Waals surface area contributed by atoms with E-state index in [4.69, 9.17) is 16.7 Å². The first-order valence-electron chi connectivity index (χ1n) is 3.92. The van der Waals surface area contributed by atoms with Crippen molar-refractivity contribution in [1.29, 1.82) is 0 Å². The maximum Gasteiger partial charge on any atom is 0.251 e. The summed E-state index contributed by atoms with van der Waals surface area (Å²) >= 11 is 5.63. The van der Waals surface area contributed by atoms with Crippen LogP contribution < -0.4 is 5.32 Å². The minimum atomic E-state index is -0.190. The number of hydrogen-bond acceptors (Lipinski definition) is 2. The lowest BCUT2D eigenvalue weighted by Crippen LogP contribution is -2.22. The Morgan fingerprint density at radius 3 is 2.85 bits per heavy atom. The molecule has 0 unspecified atom stereocenters. The summed E-state index contributed by atoms with van der Waals surface area (Å²) in [6.07, 6.45) is 0. The molecule has 1 aromatic carbocycles. The van der Waals surface area contributed by atoms with Crippen LogP contribution in [0.2, 0.25) is 5.02 Å². The third kappa shape index (κ3) is 2.36. The maximum atomic E-state index is 11.3. The molecule has 0 aliphatic heterocycles. The molecule has 1 aromatic rings. The lowest BCUT2D eigenvalue weighted by Gasteiger charge is -2.02. The number of carbonyl (C=O) groups excluding carboxylic acids is 1. The second kappa shape index (κ2) is 4.14. The van der Waals surface area contributed by atoms with Gasteiger partial charge >= 0.3 is 0 Å². The zero-order chi connectivity index (χ0) is 9.84. The van der Waals surface area contributed by atoms with Crippen molar-refractivity contribution in [3.8, 4) is 5.75 Å². The van der Waals surface area contributed by atoms with Gasteiger partial charge in [-0.25, -0.2) is 0 Å². The van der Waals surface area contributed by atoms with E-state index in [0.717, 1.165) is 0 Å². The predicted molar refractivity (Wildman–Crippen MR) is 51.1 cm³/mol. The second-order valence-corrected chi connectivity index (χ2v) is 2.93. The number of phenols is 1. The van der Waals surface area contributed by atoms with Crippen LogP contribution >= 0.6 is 11.6 Å². The Bertz CT molecular complexity index is 325. The average Bonchev–Trinajstić information content (AvgIpc) is 2.10. The molecular weight excluding hydrogens is 190 g/mol. The first kappa shape index (κ1) is 9.86. The summed E-state index contributed by atoms with van der Waals surface area (Å²) in [5.74, 6) is -0.209. The summed E-state index contributed by atoms with van der Waals surface area (Å²) in [6, 6.07) is 4.35. The zero-order valence-corrected chi connectivity index (χ0v) is 7.93. The summed E-state index contributed by atoms with van der Waals surface area (Å²) in [5.41, 5.74) is 0.449. The lowest BCUT2D eigenvalue weighted by atomic mass is 10.2. The van der Waals surface area contributed by atoms with Crippen LogP contribution in [0.1, 0.15) is 17.3 Å². The molecule has 4 heteroatoms. The molecule has 1 amide bonds. The zero-order valence-electron chi connectivity index (χ0n) is 7.17. The fourth-order valence-corrected chi connectivity index (χ4v) is 1.09. The van der Waals surface area contributed by atoms with Crippen LogP contribution in [0.4, 0.5) is 0 Å². The van der Waals surface area contributed by atoms with E-state index in [1.54, 1.807) is 0 Å². The van der Waals surface area contributed by atoms with Gasteiger partial charge in [0.2, 0.25) is 0 Å². The third-order valence-electron chi connectivity index (χ3n) is 1.55. The van der Waals surface area contributed by atoms with Gasteiger partial charge in [-0.2, -0.15) is 0 Å². The Hall–Kier alpha value is -1.22. The van der Waals surface area contributed by atoms with Gasteiger partial charge in [0.1, 0.15) is 5.75 Å². The van der Waals surface area contributed by atoms with Gasteiger partial charge in [0.25, 0.3) is 5.91 Å². The van der Waals surface area contributed by atoms with Crippen LogP contribution in [-0.2, 0) is 0 Å². The van der Waals surface area contributed by atoms with Crippen LogP contribution in [0, 0.1) is 0 Å².